The summed E-state index contributed by atoms with van der Waals surface area (Å²) in [5.41, 5.74) is 0. The lowest BCUT2D eigenvalue weighted by Gasteiger charge is -2.03. The van der Waals surface area contributed by atoms with E-state index in [1.54, 1.807) is 0 Å². The van der Waals surface area contributed by atoms with Gasteiger partial charge in [0.25, 0.3) is 0 Å². The molecule has 0 N–H and O–H groups in total. The van der Waals surface area contributed by atoms with E-state index in [1.807, 2.05) is 20.8 Å². The van der Waals surface area contributed by atoms with Crippen LogP contribution in [0.4, 0.5) is 0 Å². The van der Waals surface area contributed by atoms with E-state index >= 15 is 0 Å². The van der Waals surface area contributed by atoms with Crippen LogP contribution in [-0.4, -0.2) is 19.2 Å². The highest BCUT2D eigenvalue weighted by Crippen LogP contribution is 1.93. The summed E-state index contributed by atoms with van der Waals surface area (Å²) in [4.78, 5) is 10.8. The van der Waals surface area contributed by atoms with E-state index in [0.717, 1.165) is 0 Å². The third kappa shape index (κ3) is 7.12. The van der Waals surface area contributed by atoms with Gasteiger partial charge in [-0.15, -0.1) is 0 Å². The molecule has 0 radical (unpaired) electrons. The molecule has 0 amide bonds. The minimum atomic E-state index is -0.350. The Bertz CT molecular complexity index is 150. The van der Waals surface area contributed by atoms with Gasteiger partial charge >= 0.3 is 5.97 Å². The van der Waals surface area contributed by atoms with Crippen LogP contribution in [0.2, 0.25) is 0 Å². The lowest BCUT2D eigenvalue weighted by atomic mass is 10.2. The van der Waals surface area contributed by atoms with Crippen molar-refractivity contribution in [2.75, 3.05) is 13.2 Å². The summed E-state index contributed by atoms with van der Waals surface area (Å²) < 4.78 is 9.67. The van der Waals surface area contributed by atoms with E-state index in [1.165, 1.54) is 12.3 Å². The number of esters is 1. The van der Waals surface area contributed by atoms with Crippen molar-refractivity contribution >= 4 is 5.97 Å². The molecule has 70 valence electrons. The molecule has 0 spiro atoms. The van der Waals surface area contributed by atoms with Gasteiger partial charge in [0.15, 0.2) is 0 Å². The summed E-state index contributed by atoms with van der Waals surface area (Å²) in [5, 5.41) is 0. The van der Waals surface area contributed by atoms with E-state index in [4.69, 9.17) is 9.47 Å². The Balaban J connectivity index is 3.46. The fourth-order valence-corrected chi connectivity index (χ4v) is 0.497. The summed E-state index contributed by atoms with van der Waals surface area (Å²) in [6.45, 7) is 6.84. The average Bonchev–Trinajstić information content (AvgIpc) is 2.01. The number of rotatable bonds is 5. The lowest BCUT2D eigenvalue weighted by molar-refractivity contribution is -0.138. The summed E-state index contributed by atoms with van der Waals surface area (Å²) in [6.07, 6.45) is 2.63. The van der Waals surface area contributed by atoms with Crippen LogP contribution in [-0.2, 0) is 14.3 Å². The first-order valence-electron chi connectivity index (χ1n) is 4.11. The van der Waals surface area contributed by atoms with Crippen molar-refractivity contribution in [2.24, 2.45) is 5.92 Å². The predicted molar refractivity (Wildman–Crippen MR) is 46.6 cm³/mol. The van der Waals surface area contributed by atoms with E-state index < -0.39 is 0 Å². The quantitative estimate of drug-likeness (QED) is 0.360. The van der Waals surface area contributed by atoms with Crippen molar-refractivity contribution < 1.29 is 14.3 Å². The van der Waals surface area contributed by atoms with Crippen LogP contribution in [0.5, 0.6) is 0 Å². The van der Waals surface area contributed by atoms with Crippen LogP contribution in [0.15, 0.2) is 12.3 Å². The highest BCUT2D eigenvalue weighted by Gasteiger charge is 1.98. The van der Waals surface area contributed by atoms with E-state index in [0.29, 0.717) is 19.1 Å². The monoisotopic (exact) mass is 172 g/mol. The summed E-state index contributed by atoms with van der Waals surface area (Å²) in [6, 6.07) is 0. The lowest BCUT2D eigenvalue weighted by Crippen LogP contribution is -2.07. The molecule has 0 unspecified atom stereocenters. The maximum Gasteiger partial charge on any atom is 0.333 e. The number of hydrogen-bond acceptors (Lipinski definition) is 3. The Kier molecular flexibility index (Phi) is 6.15. The standard InChI is InChI=1S/C9H16O3/c1-4-11-6-5-9(10)12-7-8(2)3/h5-6,8H,4,7H2,1-3H3. The molecule has 12 heavy (non-hydrogen) atoms. The molecule has 0 bridgehead atoms. The molecule has 0 saturated carbocycles. The minimum absolute atomic E-state index is 0.350. The SMILES string of the molecule is CCOC=CC(=O)OCC(C)C. The second kappa shape index (κ2) is 6.70. The molecule has 0 atom stereocenters. The zero-order valence-electron chi connectivity index (χ0n) is 7.87. The molecular formula is C9H16O3. The zero-order chi connectivity index (χ0) is 9.40. The Morgan fingerprint density at radius 3 is 2.67 bits per heavy atom. The summed E-state index contributed by atoms with van der Waals surface area (Å²) in [7, 11) is 0. The van der Waals surface area contributed by atoms with Gasteiger partial charge in [0.2, 0.25) is 0 Å². The van der Waals surface area contributed by atoms with Gasteiger partial charge in [-0.25, -0.2) is 4.79 Å². The second-order valence-corrected chi connectivity index (χ2v) is 2.78. The fraction of sp³-hybridized carbons (Fsp3) is 0.667. The average molecular weight is 172 g/mol. The molecule has 0 rings (SSSR count). The van der Waals surface area contributed by atoms with Crippen molar-refractivity contribution in [1.82, 2.24) is 0 Å². The normalized spacial score (nSPS) is 10.7. The van der Waals surface area contributed by atoms with E-state index in [-0.39, 0.29) is 5.97 Å². The van der Waals surface area contributed by atoms with E-state index in [2.05, 4.69) is 0 Å². The molecule has 3 nitrogen and oxygen atoms in total. The second-order valence-electron chi connectivity index (χ2n) is 2.78. The van der Waals surface area contributed by atoms with Gasteiger partial charge in [-0.2, -0.15) is 0 Å². The molecule has 0 aromatic heterocycles. The Hall–Kier alpha value is -0.990. The summed E-state index contributed by atoms with van der Waals surface area (Å²) >= 11 is 0. The van der Waals surface area contributed by atoms with Gasteiger partial charge in [0.1, 0.15) is 0 Å². The number of carbonyl (C=O) groups excluding carboxylic acids is 1. The smallest absolute Gasteiger partial charge is 0.333 e. The molecule has 0 aromatic rings. The maximum absolute atomic E-state index is 10.8. The molecule has 0 aliphatic heterocycles. The van der Waals surface area contributed by atoms with Crippen LogP contribution < -0.4 is 0 Å². The van der Waals surface area contributed by atoms with Crippen LogP contribution in [0, 0.1) is 5.92 Å². The van der Waals surface area contributed by atoms with Gasteiger partial charge in [-0.1, -0.05) is 13.8 Å². The topological polar surface area (TPSA) is 35.5 Å². The van der Waals surface area contributed by atoms with Gasteiger partial charge in [-0.3, -0.25) is 0 Å². The molecule has 0 aromatic carbocycles. The third-order valence-corrected chi connectivity index (χ3v) is 1.03. The van der Waals surface area contributed by atoms with Crippen LogP contribution in [0.1, 0.15) is 20.8 Å². The van der Waals surface area contributed by atoms with Gasteiger partial charge in [0.05, 0.1) is 25.6 Å². The Morgan fingerprint density at radius 1 is 1.50 bits per heavy atom. The van der Waals surface area contributed by atoms with Crippen molar-refractivity contribution in [3.8, 4) is 0 Å². The Morgan fingerprint density at radius 2 is 2.17 bits per heavy atom. The third-order valence-electron chi connectivity index (χ3n) is 1.03. The first-order valence-corrected chi connectivity index (χ1v) is 4.11. The van der Waals surface area contributed by atoms with Crippen molar-refractivity contribution in [3.05, 3.63) is 12.3 Å². The van der Waals surface area contributed by atoms with Crippen molar-refractivity contribution in [3.63, 3.8) is 0 Å². The van der Waals surface area contributed by atoms with Gasteiger partial charge in [0, 0.05) is 0 Å². The molecular weight excluding hydrogens is 156 g/mol. The first-order chi connectivity index (χ1) is 5.66. The molecule has 0 aliphatic rings. The van der Waals surface area contributed by atoms with Crippen molar-refractivity contribution in [2.45, 2.75) is 20.8 Å². The minimum Gasteiger partial charge on any atom is -0.501 e. The molecule has 0 aliphatic carbocycles. The van der Waals surface area contributed by atoms with Gasteiger partial charge < -0.3 is 9.47 Å². The zero-order valence-corrected chi connectivity index (χ0v) is 7.87. The van der Waals surface area contributed by atoms with Crippen LogP contribution in [0.25, 0.3) is 0 Å². The molecule has 0 fully saturated rings. The number of hydrogen-bond donors (Lipinski definition) is 0. The largest absolute Gasteiger partial charge is 0.501 e. The molecule has 3 heteroatoms. The maximum atomic E-state index is 10.8. The summed E-state index contributed by atoms with van der Waals surface area (Å²) in [5.74, 6) is 0.0200. The Labute approximate surface area is 73.4 Å². The van der Waals surface area contributed by atoms with Crippen molar-refractivity contribution in [1.29, 1.82) is 0 Å². The molecule has 0 saturated heterocycles. The molecule has 0 heterocycles. The van der Waals surface area contributed by atoms with Crippen LogP contribution >= 0.6 is 0 Å². The van der Waals surface area contributed by atoms with E-state index in [9.17, 15) is 4.79 Å². The highest BCUT2D eigenvalue weighted by molar-refractivity contribution is 5.81. The van der Waals surface area contributed by atoms with Crippen LogP contribution in [0.3, 0.4) is 0 Å². The highest BCUT2D eigenvalue weighted by atomic mass is 16.5. The number of carbonyl (C=O) groups is 1. The predicted octanol–water partition coefficient (Wildman–Crippen LogP) is 1.74. The number of ether oxygens (including phenoxy) is 2. The fourth-order valence-electron chi connectivity index (χ4n) is 0.497. The van der Waals surface area contributed by atoms with Gasteiger partial charge in [-0.05, 0) is 12.8 Å². The first kappa shape index (κ1) is 11.0.